The fraction of sp³-hybridized carbons (Fsp3) is 0.333. The lowest BCUT2D eigenvalue weighted by Gasteiger charge is -2.04. The van der Waals surface area contributed by atoms with Crippen LogP contribution in [-0.4, -0.2) is 24.5 Å². The quantitative estimate of drug-likeness (QED) is 0.850. The normalized spacial score (nSPS) is 10.4. The zero-order valence-electron chi connectivity index (χ0n) is 11.5. The summed E-state index contributed by atoms with van der Waals surface area (Å²) in [5.41, 5.74) is 2.03. The summed E-state index contributed by atoms with van der Waals surface area (Å²) < 4.78 is 5.03. The van der Waals surface area contributed by atoms with Crippen molar-refractivity contribution < 1.29 is 9.53 Å². The number of thiazole rings is 1. The molecule has 4 nitrogen and oxygen atoms in total. The first-order valence-corrected chi connectivity index (χ1v) is 7.38. The van der Waals surface area contributed by atoms with Gasteiger partial charge in [-0.2, -0.15) is 0 Å². The smallest absolute Gasteiger partial charge is 0.224 e. The molecule has 0 saturated heterocycles. The Morgan fingerprint density at radius 2 is 2.15 bits per heavy atom. The van der Waals surface area contributed by atoms with Gasteiger partial charge in [0.05, 0.1) is 18.7 Å². The Bertz CT molecular complexity index is 540. The van der Waals surface area contributed by atoms with Crippen LogP contribution in [0.5, 0.6) is 0 Å². The highest BCUT2D eigenvalue weighted by Gasteiger charge is 2.04. The third-order valence-electron chi connectivity index (χ3n) is 2.78. The largest absolute Gasteiger partial charge is 0.378 e. The number of benzene rings is 1. The van der Waals surface area contributed by atoms with Crippen LogP contribution >= 0.6 is 11.3 Å². The van der Waals surface area contributed by atoms with Crippen LogP contribution in [0.4, 0.5) is 0 Å². The van der Waals surface area contributed by atoms with Crippen molar-refractivity contribution in [1.82, 2.24) is 10.3 Å². The first-order valence-electron chi connectivity index (χ1n) is 6.51. The summed E-state index contributed by atoms with van der Waals surface area (Å²) in [6.45, 7) is 1.16. The lowest BCUT2D eigenvalue weighted by molar-refractivity contribution is -0.120. The predicted octanol–water partition coefficient (Wildman–Crippen LogP) is 2.19. The number of nitrogens with zero attached hydrogens (tertiary/aromatic N) is 1. The van der Waals surface area contributed by atoms with Crippen molar-refractivity contribution in [3.63, 3.8) is 0 Å². The van der Waals surface area contributed by atoms with Crippen LogP contribution < -0.4 is 5.32 Å². The van der Waals surface area contributed by atoms with Crippen molar-refractivity contribution in [2.24, 2.45) is 0 Å². The number of methoxy groups -OCH3 is 1. The number of aromatic nitrogens is 1. The molecule has 20 heavy (non-hydrogen) atoms. The zero-order chi connectivity index (χ0) is 14.2. The van der Waals surface area contributed by atoms with Crippen molar-refractivity contribution in [1.29, 1.82) is 0 Å². The second-order valence-electron chi connectivity index (χ2n) is 4.43. The molecule has 0 atom stereocenters. The number of ether oxygens (including phenoxy) is 1. The van der Waals surface area contributed by atoms with Gasteiger partial charge in [0, 0.05) is 25.5 Å². The molecule has 0 bridgehead atoms. The SMILES string of the molecule is COCc1nc(CCNC(=O)Cc2ccccc2)cs1. The van der Waals surface area contributed by atoms with Gasteiger partial charge in [-0.15, -0.1) is 11.3 Å². The average Bonchev–Trinajstić information content (AvgIpc) is 2.88. The molecule has 0 unspecified atom stereocenters. The standard InChI is InChI=1S/C15H18N2O2S/c1-19-10-15-17-13(11-20-15)7-8-16-14(18)9-12-5-3-2-4-6-12/h2-6,11H,7-10H2,1H3,(H,16,18). The molecule has 0 fully saturated rings. The molecule has 1 amide bonds. The van der Waals surface area contributed by atoms with Crippen LogP contribution in [0.1, 0.15) is 16.3 Å². The van der Waals surface area contributed by atoms with Gasteiger partial charge in [0.2, 0.25) is 5.91 Å². The van der Waals surface area contributed by atoms with Gasteiger partial charge in [-0.1, -0.05) is 30.3 Å². The Kier molecular flexibility index (Phi) is 5.70. The van der Waals surface area contributed by atoms with E-state index in [1.165, 1.54) is 0 Å². The fourth-order valence-corrected chi connectivity index (χ4v) is 2.63. The van der Waals surface area contributed by atoms with Gasteiger partial charge in [0.15, 0.2) is 0 Å². The van der Waals surface area contributed by atoms with Gasteiger partial charge in [0.1, 0.15) is 5.01 Å². The van der Waals surface area contributed by atoms with E-state index in [4.69, 9.17) is 4.74 Å². The van der Waals surface area contributed by atoms with Gasteiger partial charge in [-0.25, -0.2) is 4.98 Å². The summed E-state index contributed by atoms with van der Waals surface area (Å²) in [5.74, 6) is 0.0449. The van der Waals surface area contributed by atoms with Crippen LogP contribution in [-0.2, 0) is 29.0 Å². The Hall–Kier alpha value is -1.72. The molecule has 1 N–H and O–H groups in total. The van der Waals surface area contributed by atoms with E-state index >= 15 is 0 Å². The first kappa shape index (κ1) is 14.7. The van der Waals surface area contributed by atoms with E-state index in [0.717, 1.165) is 22.7 Å². The van der Waals surface area contributed by atoms with Crippen LogP contribution in [0.15, 0.2) is 35.7 Å². The molecule has 2 rings (SSSR count). The van der Waals surface area contributed by atoms with Crippen LogP contribution in [0.25, 0.3) is 0 Å². The van der Waals surface area contributed by atoms with Crippen molar-refractivity contribution >= 4 is 17.2 Å². The van der Waals surface area contributed by atoms with E-state index in [0.29, 0.717) is 19.6 Å². The number of nitrogens with one attached hydrogen (secondary N) is 1. The summed E-state index contributed by atoms with van der Waals surface area (Å²) >= 11 is 1.59. The number of hydrogen-bond acceptors (Lipinski definition) is 4. The third kappa shape index (κ3) is 4.75. The number of carbonyl (C=O) groups excluding carboxylic acids is 1. The molecule has 0 aliphatic heterocycles. The molecule has 0 aliphatic rings. The summed E-state index contributed by atoms with van der Waals surface area (Å²) in [6.07, 6.45) is 1.17. The lowest BCUT2D eigenvalue weighted by Crippen LogP contribution is -2.27. The lowest BCUT2D eigenvalue weighted by atomic mass is 10.1. The molecule has 1 aromatic carbocycles. The second kappa shape index (κ2) is 7.77. The number of carbonyl (C=O) groups is 1. The second-order valence-corrected chi connectivity index (χ2v) is 5.37. The number of rotatable bonds is 7. The highest BCUT2D eigenvalue weighted by molar-refractivity contribution is 7.09. The van der Waals surface area contributed by atoms with E-state index in [1.807, 2.05) is 35.7 Å². The zero-order valence-corrected chi connectivity index (χ0v) is 12.3. The van der Waals surface area contributed by atoms with Gasteiger partial charge < -0.3 is 10.1 Å². The molecule has 2 aromatic rings. The highest BCUT2D eigenvalue weighted by Crippen LogP contribution is 2.10. The van der Waals surface area contributed by atoms with Gasteiger partial charge >= 0.3 is 0 Å². The van der Waals surface area contributed by atoms with E-state index in [9.17, 15) is 4.79 Å². The monoisotopic (exact) mass is 290 g/mol. The molecule has 0 saturated carbocycles. The predicted molar refractivity (Wildman–Crippen MR) is 79.7 cm³/mol. The number of amides is 1. The Labute approximate surface area is 122 Å². The maximum absolute atomic E-state index is 11.8. The van der Waals surface area contributed by atoms with Crippen molar-refractivity contribution in [2.45, 2.75) is 19.4 Å². The van der Waals surface area contributed by atoms with E-state index in [-0.39, 0.29) is 5.91 Å². The minimum atomic E-state index is 0.0449. The number of hydrogen-bond donors (Lipinski definition) is 1. The summed E-state index contributed by atoms with van der Waals surface area (Å²) in [4.78, 5) is 16.2. The average molecular weight is 290 g/mol. The fourth-order valence-electron chi connectivity index (χ4n) is 1.83. The van der Waals surface area contributed by atoms with E-state index in [1.54, 1.807) is 18.4 Å². The molecular formula is C15H18N2O2S. The molecule has 106 valence electrons. The molecule has 0 spiro atoms. The van der Waals surface area contributed by atoms with Crippen molar-refractivity contribution in [3.8, 4) is 0 Å². The third-order valence-corrected chi connectivity index (χ3v) is 3.65. The maximum atomic E-state index is 11.8. The Balaban J connectivity index is 1.71. The van der Waals surface area contributed by atoms with Crippen LogP contribution in [0.2, 0.25) is 0 Å². The Morgan fingerprint density at radius 1 is 1.35 bits per heavy atom. The Morgan fingerprint density at radius 3 is 2.90 bits per heavy atom. The highest BCUT2D eigenvalue weighted by atomic mass is 32.1. The summed E-state index contributed by atoms with van der Waals surface area (Å²) in [7, 11) is 1.66. The minimum absolute atomic E-state index is 0.0449. The molecule has 0 aliphatic carbocycles. The molecule has 1 heterocycles. The van der Waals surface area contributed by atoms with Gasteiger partial charge in [0.25, 0.3) is 0 Å². The molecule has 5 heteroatoms. The summed E-state index contributed by atoms with van der Waals surface area (Å²) in [5, 5.41) is 5.90. The minimum Gasteiger partial charge on any atom is -0.378 e. The van der Waals surface area contributed by atoms with Crippen LogP contribution in [0, 0.1) is 0 Å². The molecule has 0 radical (unpaired) electrons. The van der Waals surface area contributed by atoms with Crippen molar-refractivity contribution in [2.75, 3.05) is 13.7 Å². The molecule has 1 aromatic heterocycles. The van der Waals surface area contributed by atoms with Gasteiger partial charge in [-0.05, 0) is 5.56 Å². The maximum Gasteiger partial charge on any atom is 0.224 e. The first-order chi connectivity index (χ1) is 9.78. The van der Waals surface area contributed by atoms with Crippen molar-refractivity contribution in [3.05, 3.63) is 52.0 Å². The summed E-state index contributed by atoms with van der Waals surface area (Å²) in [6, 6.07) is 9.74. The van der Waals surface area contributed by atoms with E-state index < -0.39 is 0 Å². The van der Waals surface area contributed by atoms with Gasteiger partial charge in [-0.3, -0.25) is 4.79 Å². The topological polar surface area (TPSA) is 51.2 Å². The molecular weight excluding hydrogens is 272 g/mol. The van der Waals surface area contributed by atoms with Crippen LogP contribution in [0.3, 0.4) is 0 Å². The van der Waals surface area contributed by atoms with E-state index in [2.05, 4.69) is 10.3 Å².